The zero-order valence-corrected chi connectivity index (χ0v) is 16.0. The quantitative estimate of drug-likeness (QED) is 0.662. The minimum Gasteiger partial charge on any atom is -0.460 e. The van der Waals surface area contributed by atoms with Crippen molar-refractivity contribution in [1.82, 2.24) is 9.97 Å². The van der Waals surface area contributed by atoms with E-state index >= 15 is 0 Å². The smallest absolute Gasteiger partial charge is 0.376 e. The van der Waals surface area contributed by atoms with Gasteiger partial charge < -0.3 is 15.0 Å². The van der Waals surface area contributed by atoms with Crippen molar-refractivity contribution < 1.29 is 9.53 Å². The van der Waals surface area contributed by atoms with Gasteiger partial charge in [-0.25, -0.2) is 14.8 Å². The molecule has 28 heavy (non-hydrogen) atoms. The lowest BCUT2D eigenvalue weighted by molar-refractivity contribution is 0.0512. The van der Waals surface area contributed by atoms with Gasteiger partial charge in [0.05, 0.1) is 12.1 Å². The molecule has 1 aliphatic heterocycles. The zero-order valence-electron chi connectivity index (χ0n) is 16.0. The first-order chi connectivity index (χ1) is 13.8. The van der Waals surface area contributed by atoms with Crippen molar-refractivity contribution in [2.45, 2.75) is 19.8 Å². The van der Waals surface area contributed by atoms with Crippen molar-refractivity contribution in [3.63, 3.8) is 0 Å². The third-order valence-electron chi connectivity index (χ3n) is 4.94. The molecule has 1 N–H and O–H groups in total. The molecule has 0 aliphatic carbocycles. The number of para-hydroxylation sites is 2. The van der Waals surface area contributed by atoms with E-state index in [0.29, 0.717) is 12.4 Å². The van der Waals surface area contributed by atoms with Crippen LogP contribution < -0.4 is 10.2 Å². The number of fused-ring (bicyclic) bond motifs is 2. The van der Waals surface area contributed by atoms with Gasteiger partial charge >= 0.3 is 5.97 Å². The van der Waals surface area contributed by atoms with Crippen molar-refractivity contribution >= 4 is 28.4 Å². The Kier molecular flexibility index (Phi) is 5.37. The molecule has 144 valence electrons. The van der Waals surface area contributed by atoms with E-state index in [2.05, 4.69) is 44.5 Å². The maximum atomic E-state index is 12.1. The number of nitrogens with one attached hydrogen (secondary N) is 1. The second-order valence-electron chi connectivity index (χ2n) is 6.78. The summed E-state index contributed by atoms with van der Waals surface area (Å²) in [6, 6.07) is 16.3. The molecule has 0 bridgehead atoms. The molecule has 0 saturated heterocycles. The summed E-state index contributed by atoms with van der Waals surface area (Å²) in [7, 11) is 0. The van der Waals surface area contributed by atoms with E-state index in [4.69, 9.17) is 4.74 Å². The molecule has 6 heteroatoms. The number of ether oxygens (including phenoxy) is 1. The van der Waals surface area contributed by atoms with E-state index in [1.807, 2.05) is 24.3 Å². The Balaban J connectivity index is 1.52. The lowest BCUT2D eigenvalue weighted by atomic mass is 10.0. The topological polar surface area (TPSA) is 67.3 Å². The van der Waals surface area contributed by atoms with Gasteiger partial charge in [0.25, 0.3) is 0 Å². The summed E-state index contributed by atoms with van der Waals surface area (Å²) in [6.07, 6.45) is 2.31. The van der Waals surface area contributed by atoms with Gasteiger partial charge in [0.15, 0.2) is 0 Å². The van der Waals surface area contributed by atoms with Crippen LogP contribution in [0.1, 0.15) is 29.5 Å². The van der Waals surface area contributed by atoms with Crippen LogP contribution in [-0.2, 0) is 11.2 Å². The summed E-state index contributed by atoms with van der Waals surface area (Å²) in [5.74, 6) is 0.256. The van der Waals surface area contributed by atoms with Crippen molar-refractivity contribution in [2.75, 3.05) is 36.5 Å². The van der Waals surface area contributed by atoms with E-state index in [0.717, 1.165) is 37.0 Å². The van der Waals surface area contributed by atoms with Gasteiger partial charge in [-0.05, 0) is 43.5 Å². The molecular weight excluding hydrogens is 352 g/mol. The number of esters is 1. The second-order valence-corrected chi connectivity index (χ2v) is 6.78. The highest BCUT2D eigenvalue weighted by atomic mass is 16.5. The Morgan fingerprint density at radius 1 is 1.14 bits per heavy atom. The standard InChI is InChI=1S/C22H24N4O2/c1-2-28-22(27)21-24-18-11-5-4-10-17(18)20(25-21)23-13-15-26-14-7-9-16-8-3-6-12-19(16)26/h3-6,8,10-12H,2,7,9,13-15H2,1H3,(H,23,24,25). The molecule has 3 aromatic rings. The number of hydrogen-bond donors (Lipinski definition) is 1. The summed E-state index contributed by atoms with van der Waals surface area (Å²) in [4.78, 5) is 23.3. The molecule has 0 amide bonds. The first kappa shape index (κ1) is 18.2. The minimum atomic E-state index is -0.499. The van der Waals surface area contributed by atoms with Gasteiger partial charge in [-0.1, -0.05) is 30.3 Å². The van der Waals surface area contributed by atoms with Gasteiger partial charge in [0.2, 0.25) is 5.82 Å². The Bertz CT molecular complexity index is 989. The summed E-state index contributed by atoms with van der Waals surface area (Å²) in [6.45, 7) is 4.71. The van der Waals surface area contributed by atoms with Gasteiger partial charge in [0, 0.05) is 30.7 Å². The number of hydrogen-bond acceptors (Lipinski definition) is 6. The SMILES string of the molecule is CCOC(=O)c1nc(NCCN2CCCc3ccccc32)c2ccccc2n1. The maximum Gasteiger partial charge on any atom is 0.376 e. The predicted molar refractivity (Wildman–Crippen MR) is 111 cm³/mol. The predicted octanol–water partition coefficient (Wildman–Crippen LogP) is 3.67. The molecule has 1 aromatic heterocycles. The normalized spacial score (nSPS) is 13.2. The molecule has 1 aliphatic rings. The van der Waals surface area contributed by atoms with Gasteiger partial charge in [-0.3, -0.25) is 0 Å². The largest absolute Gasteiger partial charge is 0.460 e. The van der Waals surface area contributed by atoms with E-state index < -0.39 is 5.97 Å². The van der Waals surface area contributed by atoms with Crippen LogP contribution in [0.2, 0.25) is 0 Å². The molecule has 2 heterocycles. The molecule has 0 unspecified atom stereocenters. The van der Waals surface area contributed by atoms with Crippen LogP contribution in [0.3, 0.4) is 0 Å². The highest BCUT2D eigenvalue weighted by Gasteiger charge is 2.17. The molecule has 2 aromatic carbocycles. The maximum absolute atomic E-state index is 12.1. The number of anilines is 2. The van der Waals surface area contributed by atoms with Crippen LogP contribution in [0.5, 0.6) is 0 Å². The number of aromatic nitrogens is 2. The molecule has 6 nitrogen and oxygen atoms in total. The third-order valence-corrected chi connectivity index (χ3v) is 4.94. The summed E-state index contributed by atoms with van der Waals surface area (Å²) >= 11 is 0. The molecule has 4 rings (SSSR count). The minimum absolute atomic E-state index is 0.0892. The van der Waals surface area contributed by atoms with Crippen LogP contribution in [0.25, 0.3) is 10.9 Å². The average Bonchev–Trinajstić information content (AvgIpc) is 2.74. The van der Waals surface area contributed by atoms with E-state index in [1.165, 1.54) is 17.7 Å². The van der Waals surface area contributed by atoms with Gasteiger partial charge in [-0.15, -0.1) is 0 Å². The van der Waals surface area contributed by atoms with Crippen LogP contribution in [0.15, 0.2) is 48.5 Å². The van der Waals surface area contributed by atoms with Crippen molar-refractivity contribution in [3.8, 4) is 0 Å². The molecular formula is C22H24N4O2. The first-order valence-corrected chi connectivity index (χ1v) is 9.77. The average molecular weight is 376 g/mol. The highest BCUT2D eigenvalue weighted by Crippen LogP contribution is 2.26. The van der Waals surface area contributed by atoms with E-state index in [-0.39, 0.29) is 5.82 Å². The van der Waals surface area contributed by atoms with Crippen molar-refractivity contribution in [2.24, 2.45) is 0 Å². The lowest BCUT2D eigenvalue weighted by Gasteiger charge is -2.31. The molecule has 0 atom stereocenters. The Hall–Kier alpha value is -3.15. The number of rotatable bonds is 6. The van der Waals surface area contributed by atoms with Crippen LogP contribution in [-0.4, -0.2) is 42.2 Å². The Morgan fingerprint density at radius 2 is 1.96 bits per heavy atom. The molecule has 0 radical (unpaired) electrons. The lowest BCUT2D eigenvalue weighted by Crippen LogP contribution is -2.33. The zero-order chi connectivity index (χ0) is 19.3. The fourth-order valence-electron chi connectivity index (χ4n) is 3.65. The van der Waals surface area contributed by atoms with Crippen LogP contribution >= 0.6 is 0 Å². The summed E-state index contributed by atoms with van der Waals surface area (Å²) in [5.41, 5.74) is 3.45. The highest BCUT2D eigenvalue weighted by molar-refractivity contribution is 5.94. The Morgan fingerprint density at radius 3 is 2.86 bits per heavy atom. The number of carbonyl (C=O) groups excluding carboxylic acids is 1. The molecule has 0 fully saturated rings. The van der Waals surface area contributed by atoms with Crippen molar-refractivity contribution in [1.29, 1.82) is 0 Å². The van der Waals surface area contributed by atoms with Crippen molar-refractivity contribution in [3.05, 3.63) is 59.9 Å². The summed E-state index contributed by atoms with van der Waals surface area (Å²) < 4.78 is 5.07. The second kappa shape index (κ2) is 8.25. The van der Waals surface area contributed by atoms with Crippen LogP contribution in [0, 0.1) is 0 Å². The van der Waals surface area contributed by atoms with Crippen LogP contribution in [0.4, 0.5) is 11.5 Å². The fourth-order valence-corrected chi connectivity index (χ4v) is 3.65. The monoisotopic (exact) mass is 376 g/mol. The number of benzene rings is 2. The fraction of sp³-hybridized carbons (Fsp3) is 0.318. The van der Waals surface area contributed by atoms with E-state index in [9.17, 15) is 4.79 Å². The Labute approximate surface area is 164 Å². The molecule has 0 saturated carbocycles. The first-order valence-electron chi connectivity index (χ1n) is 9.77. The third kappa shape index (κ3) is 3.76. The molecule has 0 spiro atoms. The summed E-state index contributed by atoms with van der Waals surface area (Å²) in [5, 5.41) is 4.30. The van der Waals surface area contributed by atoms with Gasteiger partial charge in [-0.2, -0.15) is 0 Å². The van der Waals surface area contributed by atoms with Gasteiger partial charge in [0.1, 0.15) is 5.82 Å². The number of nitrogens with zero attached hydrogens (tertiary/aromatic N) is 3. The number of aryl methyl sites for hydroxylation is 1. The van der Waals surface area contributed by atoms with E-state index in [1.54, 1.807) is 6.92 Å². The number of carbonyl (C=O) groups is 1.